The number of piperidine rings is 1. The summed E-state index contributed by atoms with van der Waals surface area (Å²) in [4.78, 5) is 37.9. The molecule has 0 radical (unpaired) electrons. The van der Waals surface area contributed by atoms with Gasteiger partial charge in [-0.25, -0.2) is 4.79 Å². The molecule has 1 atom stereocenters. The third-order valence-electron chi connectivity index (χ3n) is 5.89. The molecule has 3 aromatic rings. The van der Waals surface area contributed by atoms with E-state index in [9.17, 15) is 19.5 Å². The summed E-state index contributed by atoms with van der Waals surface area (Å²) in [6, 6.07) is 3.68. The van der Waals surface area contributed by atoms with Gasteiger partial charge in [0.25, 0.3) is 0 Å². The topological polar surface area (TPSA) is 101 Å². The third-order valence-corrected chi connectivity index (χ3v) is 5.89. The van der Waals surface area contributed by atoms with Gasteiger partial charge in [0.2, 0.25) is 5.91 Å². The highest BCUT2D eigenvalue weighted by Gasteiger charge is 2.28. The lowest BCUT2D eigenvalue weighted by atomic mass is 9.97. The number of hydrogen-bond donors (Lipinski definition) is 1. The van der Waals surface area contributed by atoms with Crippen molar-refractivity contribution in [1.29, 1.82) is 0 Å². The number of likely N-dealkylation sites (tertiary alicyclic amines) is 1. The van der Waals surface area contributed by atoms with Crippen molar-refractivity contribution < 1.29 is 23.5 Å². The highest BCUT2D eigenvalue weighted by Crippen LogP contribution is 2.29. The quantitative estimate of drug-likeness (QED) is 0.677. The molecule has 7 heteroatoms. The second-order valence-corrected chi connectivity index (χ2v) is 7.77. The molecule has 0 spiro atoms. The van der Waals surface area contributed by atoms with Crippen LogP contribution in [-0.2, 0) is 16.0 Å². The fraction of sp³-hybridized carbons (Fsp3) is 0.409. The van der Waals surface area contributed by atoms with E-state index < -0.39 is 17.5 Å². The lowest BCUT2D eigenvalue weighted by Gasteiger charge is -2.30. The van der Waals surface area contributed by atoms with Crippen molar-refractivity contribution in [3.63, 3.8) is 0 Å². The maximum Gasteiger partial charge on any atom is 0.339 e. The molecule has 0 saturated carbocycles. The van der Waals surface area contributed by atoms with Gasteiger partial charge in [-0.1, -0.05) is 0 Å². The minimum atomic E-state index is -0.866. The molecular weight excluding hydrogens is 374 g/mol. The molecule has 0 bridgehead atoms. The molecule has 1 amide bonds. The summed E-state index contributed by atoms with van der Waals surface area (Å²) in [5.74, 6) is -1.51. The smallest absolute Gasteiger partial charge is 0.339 e. The molecule has 4 rings (SSSR count). The summed E-state index contributed by atoms with van der Waals surface area (Å²) in [7, 11) is 0. The number of carbonyl (C=O) groups excluding carboxylic acids is 1. The van der Waals surface area contributed by atoms with Gasteiger partial charge in [0.1, 0.15) is 11.2 Å². The number of aryl methyl sites for hydroxylation is 2. The van der Waals surface area contributed by atoms with Crippen LogP contribution < -0.4 is 5.63 Å². The van der Waals surface area contributed by atoms with Crippen molar-refractivity contribution in [2.75, 3.05) is 13.1 Å². The Bertz CT molecular complexity index is 1170. The van der Waals surface area contributed by atoms with Gasteiger partial charge in [-0.3, -0.25) is 9.59 Å². The summed E-state index contributed by atoms with van der Waals surface area (Å²) < 4.78 is 11.0. The normalized spacial score (nSPS) is 17.2. The van der Waals surface area contributed by atoms with Crippen LogP contribution in [-0.4, -0.2) is 35.0 Å². The molecule has 1 N–H and O–H groups in total. The maximum absolute atomic E-state index is 12.6. The summed E-state index contributed by atoms with van der Waals surface area (Å²) in [6.45, 7) is 4.61. The van der Waals surface area contributed by atoms with E-state index in [1.54, 1.807) is 17.2 Å². The van der Waals surface area contributed by atoms with E-state index in [0.717, 1.165) is 21.9 Å². The molecule has 29 heavy (non-hydrogen) atoms. The lowest BCUT2D eigenvalue weighted by molar-refractivity contribution is -0.145. The zero-order chi connectivity index (χ0) is 20.7. The summed E-state index contributed by atoms with van der Waals surface area (Å²) in [5.41, 5.74) is 2.96. The van der Waals surface area contributed by atoms with Crippen molar-refractivity contribution in [1.82, 2.24) is 4.90 Å². The van der Waals surface area contributed by atoms with Gasteiger partial charge in [-0.05, 0) is 50.3 Å². The molecule has 7 nitrogen and oxygen atoms in total. The Morgan fingerprint density at radius 2 is 2.00 bits per heavy atom. The van der Waals surface area contributed by atoms with Gasteiger partial charge >= 0.3 is 11.6 Å². The van der Waals surface area contributed by atoms with Crippen molar-refractivity contribution in [3.05, 3.63) is 45.5 Å². The Morgan fingerprint density at radius 3 is 2.76 bits per heavy atom. The number of carbonyl (C=O) groups is 2. The number of fused-ring (bicyclic) bond motifs is 2. The van der Waals surface area contributed by atoms with E-state index in [4.69, 9.17) is 8.83 Å². The van der Waals surface area contributed by atoms with Crippen LogP contribution in [0.2, 0.25) is 0 Å². The van der Waals surface area contributed by atoms with Gasteiger partial charge < -0.3 is 18.8 Å². The fourth-order valence-electron chi connectivity index (χ4n) is 4.12. The molecule has 0 aliphatic carbocycles. The first-order chi connectivity index (χ1) is 13.8. The standard InChI is InChI=1S/C22H23NO6/c1-12-11-28-18-9-19-17(8-16(12)18)13(2)15(22(27)29-19)5-6-20(24)23-7-3-4-14(10-23)21(25)26/h8-9,11,14H,3-7,10H2,1-2H3,(H,25,26)/t14-/m0/s1. The average molecular weight is 397 g/mol. The molecule has 1 aliphatic rings. The number of furan rings is 1. The molecule has 2 aromatic heterocycles. The second-order valence-electron chi connectivity index (χ2n) is 7.77. The Hall–Kier alpha value is -3.09. The molecule has 1 aliphatic heterocycles. The number of benzene rings is 1. The monoisotopic (exact) mass is 397 g/mol. The van der Waals surface area contributed by atoms with Crippen molar-refractivity contribution >= 4 is 33.8 Å². The summed E-state index contributed by atoms with van der Waals surface area (Å²) >= 11 is 0. The SMILES string of the molecule is Cc1coc2cc3oc(=O)c(CCC(=O)N4CCC[C@H](C(=O)O)C4)c(C)c3cc12. The molecule has 1 aromatic carbocycles. The van der Waals surface area contributed by atoms with Crippen LogP contribution in [0.15, 0.2) is 32.0 Å². The van der Waals surface area contributed by atoms with Gasteiger partial charge in [0.05, 0.1) is 12.2 Å². The fourth-order valence-corrected chi connectivity index (χ4v) is 4.12. The molecule has 1 fully saturated rings. The van der Waals surface area contributed by atoms with E-state index in [0.29, 0.717) is 36.1 Å². The number of nitrogens with zero attached hydrogens (tertiary/aromatic N) is 1. The minimum Gasteiger partial charge on any atom is -0.481 e. The highest BCUT2D eigenvalue weighted by molar-refractivity contribution is 5.96. The first-order valence-corrected chi connectivity index (χ1v) is 9.80. The zero-order valence-corrected chi connectivity index (χ0v) is 16.5. The van der Waals surface area contributed by atoms with Gasteiger partial charge in [-0.15, -0.1) is 0 Å². The predicted octanol–water partition coefficient (Wildman–Crippen LogP) is 3.41. The number of aliphatic carboxylic acids is 1. The van der Waals surface area contributed by atoms with Crippen LogP contribution in [0, 0.1) is 19.8 Å². The highest BCUT2D eigenvalue weighted by atomic mass is 16.4. The van der Waals surface area contributed by atoms with E-state index in [1.165, 1.54) is 0 Å². The third kappa shape index (κ3) is 3.52. The Morgan fingerprint density at radius 1 is 1.21 bits per heavy atom. The van der Waals surface area contributed by atoms with Gasteiger partial charge in [-0.2, -0.15) is 0 Å². The van der Waals surface area contributed by atoms with Crippen LogP contribution in [0.4, 0.5) is 0 Å². The predicted molar refractivity (Wildman–Crippen MR) is 107 cm³/mol. The maximum atomic E-state index is 12.6. The Balaban J connectivity index is 1.58. The van der Waals surface area contributed by atoms with Crippen molar-refractivity contribution in [2.24, 2.45) is 5.92 Å². The number of amides is 1. The number of carboxylic acid groups (broad SMARTS) is 1. The molecule has 1 saturated heterocycles. The minimum absolute atomic E-state index is 0.129. The van der Waals surface area contributed by atoms with Crippen molar-refractivity contribution in [3.8, 4) is 0 Å². The number of carboxylic acids is 1. The molecule has 152 valence electrons. The first kappa shape index (κ1) is 19.2. The van der Waals surface area contributed by atoms with Crippen LogP contribution in [0.1, 0.15) is 36.0 Å². The lowest BCUT2D eigenvalue weighted by Crippen LogP contribution is -2.42. The molecule has 0 unspecified atom stereocenters. The van der Waals surface area contributed by atoms with E-state index in [-0.39, 0.29) is 25.3 Å². The van der Waals surface area contributed by atoms with E-state index in [2.05, 4.69) is 0 Å². The first-order valence-electron chi connectivity index (χ1n) is 9.80. The van der Waals surface area contributed by atoms with Gasteiger partial charge in [0, 0.05) is 41.9 Å². The second kappa shape index (κ2) is 7.39. The molecular formula is C22H23NO6. The van der Waals surface area contributed by atoms with Crippen LogP contribution >= 0.6 is 0 Å². The molecule has 3 heterocycles. The number of rotatable bonds is 4. The Labute approximate surface area is 166 Å². The summed E-state index contributed by atoms with van der Waals surface area (Å²) in [6.07, 6.45) is 3.35. The average Bonchev–Trinajstić information content (AvgIpc) is 3.06. The zero-order valence-electron chi connectivity index (χ0n) is 16.5. The number of hydrogen-bond acceptors (Lipinski definition) is 5. The summed E-state index contributed by atoms with van der Waals surface area (Å²) in [5, 5.41) is 11.0. The van der Waals surface area contributed by atoms with Crippen LogP contribution in [0.5, 0.6) is 0 Å². The van der Waals surface area contributed by atoms with Gasteiger partial charge in [0.15, 0.2) is 0 Å². The van der Waals surface area contributed by atoms with E-state index in [1.807, 2.05) is 19.9 Å². The Kier molecular flexibility index (Phi) is 4.90. The van der Waals surface area contributed by atoms with Crippen LogP contribution in [0.25, 0.3) is 21.9 Å². The largest absolute Gasteiger partial charge is 0.481 e. The van der Waals surface area contributed by atoms with E-state index >= 15 is 0 Å². The van der Waals surface area contributed by atoms with Crippen molar-refractivity contribution in [2.45, 2.75) is 39.5 Å². The van der Waals surface area contributed by atoms with Crippen LogP contribution in [0.3, 0.4) is 0 Å².